The number of ketones is 1. The molecule has 0 spiro atoms. The first kappa shape index (κ1) is 20.7. The number of amides is 2. The number of nitrogens with one attached hydrogen (secondary N) is 3. The molecule has 0 radical (unpaired) electrons. The van der Waals surface area contributed by atoms with Gasteiger partial charge >= 0.3 is 12.1 Å². The van der Waals surface area contributed by atoms with Gasteiger partial charge in [0, 0.05) is 23.9 Å². The van der Waals surface area contributed by atoms with Crippen LogP contribution in [0.5, 0.6) is 6.01 Å². The number of aromatic nitrogens is 2. The highest BCUT2D eigenvalue weighted by Crippen LogP contribution is 2.22. The molecule has 3 N–H and O–H groups in total. The minimum atomic E-state index is -0.682. The fourth-order valence-corrected chi connectivity index (χ4v) is 3.11. The Morgan fingerprint density at radius 1 is 0.969 bits per heavy atom. The summed E-state index contributed by atoms with van der Waals surface area (Å²) >= 11 is 0. The quantitative estimate of drug-likeness (QED) is 0.414. The van der Waals surface area contributed by atoms with Gasteiger partial charge in [-0.3, -0.25) is 9.59 Å². The van der Waals surface area contributed by atoms with Crippen molar-refractivity contribution >= 4 is 34.5 Å². The minimum Gasteiger partial charge on any atom is -0.375 e. The summed E-state index contributed by atoms with van der Waals surface area (Å²) < 4.78 is 18.4. The van der Waals surface area contributed by atoms with Gasteiger partial charge in [-0.25, -0.2) is 9.18 Å². The number of halogens is 1. The molecule has 4 rings (SSSR count). The third kappa shape index (κ3) is 4.31. The minimum absolute atomic E-state index is 0.0150. The SMILES string of the molecule is CNC(=O)Oc1nc2ccc(C(=O)c3ccccc3C(=O)Nc3cccc(F)c3)cc2[nH]1. The lowest BCUT2D eigenvalue weighted by Crippen LogP contribution is -2.22. The highest BCUT2D eigenvalue weighted by Gasteiger charge is 2.19. The number of benzene rings is 3. The number of imidazole rings is 1. The van der Waals surface area contributed by atoms with E-state index in [1.54, 1.807) is 42.5 Å². The molecule has 2 amide bonds. The molecular weight excluding hydrogens is 415 g/mol. The Labute approximate surface area is 181 Å². The lowest BCUT2D eigenvalue weighted by Gasteiger charge is -2.10. The van der Waals surface area contributed by atoms with Crippen molar-refractivity contribution in [3.63, 3.8) is 0 Å². The maximum absolute atomic E-state index is 13.4. The van der Waals surface area contributed by atoms with Gasteiger partial charge in [-0.05, 0) is 42.5 Å². The molecule has 0 aliphatic heterocycles. The van der Waals surface area contributed by atoms with Crippen LogP contribution in [-0.4, -0.2) is 34.8 Å². The lowest BCUT2D eigenvalue weighted by atomic mass is 9.97. The molecule has 0 saturated carbocycles. The molecule has 0 atom stereocenters. The first-order valence-corrected chi connectivity index (χ1v) is 9.54. The molecule has 0 aliphatic rings. The number of aromatic amines is 1. The second kappa shape index (κ2) is 8.68. The number of carbonyl (C=O) groups is 3. The summed E-state index contributed by atoms with van der Waals surface area (Å²) in [7, 11) is 1.42. The van der Waals surface area contributed by atoms with Crippen LogP contribution < -0.4 is 15.4 Å². The standard InChI is InChI=1S/C23H17FN4O4/c1-25-23(31)32-22-27-18-10-9-13(11-19(18)28-22)20(29)16-7-2-3-8-17(16)21(30)26-15-6-4-5-14(24)12-15/h2-12H,1H3,(H,25,31)(H,26,30)(H,27,28). The fraction of sp³-hybridized carbons (Fsp3) is 0.0435. The van der Waals surface area contributed by atoms with Crippen molar-refractivity contribution in [3.05, 3.63) is 89.2 Å². The van der Waals surface area contributed by atoms with Gasteiger partial charge in [-0.1, -0.05) is 24.3 Å². The Bertz CT molecular complexity index is 1350. The Morgan fingerprint density at radius 3 is 2.50 bits per heavy atom. The number of hydrogen-bond donors (Lipinski definition) is 3. The zero-order valence-electron chi connectivity index (χ0n) is 16.8. The van der Waals surface area contributed by atoms with Crippen molar-refractivity contribution < 1.29 is 23.5 Å². The molecule has 8 nitrogen and oxygen atoms in total. The van der Waals surface area contributed by atoms with Crippen LogP contribution in [0.4, 0.5) is 14.9 Å². The number of anilines is 1. The Kier molecular flexibility index (Phi) is 5.63. The van der Waals surface area contributed by atoms with E-state index >= 15 is 0 Å². The summed E-state index contributed by atoms with van der Waals surface area (Å²) in [5.41, 5.74) is 1.89. The average molecular weight is 432 g/mol. The lowest BCUT2D eigenvalue weighted by molar-refractivity contribution is 0.0996. The van der Waals surface area contributed by atoms with Crippen molar-refractivity contribution in [1.82, 2.24) is 15.3 Å². The van der Waals surface area contributed by atoms with Gasteiger partial charge < -0.3 is 20.4 Å². The van der Waals surface area contributed by atoms with E-state index in [2.05, 4.69) is 20.6 Å². The van der Waals surface area contributed by atoms with Gasteiger partial charge in [-0.15, -0.1) is 0 Å². The number of fused-ring (bicyclic) bond motifs is 1. The monoisotopic (exact) mass is 432 g/mol. The van der Waals surface area contributed by atoms with Crippen molar-refractivity contribution in [2.75, 3.05) is 12.4 Å². The molecule has 1 heterocycles. The molecule has 3 aromatic carbocycles. The van der Waals surface area contributed by atoms with Gasteiger partial charge in [-0.2, -0.15) is 4.98 Å². The molecular formula is C23H17FN4O4. The molecule has 160 valence electrons. The van der Waals surface area contributed by atoms with E-state index in [1.165, 1.54) is 31.3 Å². The van der Waals surface area contributed by atoms with Gasteiger partial charge in [0.1, 0.15) is 5.82 Å². The summed E-state index contributed by atoms with van der Waals surface area (Å²) in [6.45, 7) is 0. The first-order valence-electron chi connectivity index (χ1n) is 9.54. The van der Waals surface area contributed by atoms with Crippen LogP contribution in [0, 0.1) is 5.82 Å². The first-order chi connectivity index (χ1) is 15.4. The molecule has 0 aliphatic carbocycles. The van der Waals surface area contributed by atoms with Crippen molar-refractivity contribution in [1.29, 1.82) is 0 Å². The number of rotatable bonds is 5. The largest absolute Gasteiger partial charge is 0.414 e. The zero-order chi connectivity index (χ0) is 22.7. The van der Waals surface area contributed by atoms with Crippen LogP contribution in [-0.2, 0) is 0 Å². The number of H-pyrrole nitrogens is 1. The van der Waals surface area contributed by atoms with Crippen molar-refractivity contribution in [2.45, 2.75) is 0 Å². The number of carbonyl (C=O) groups excluding carboxylic acids is 3. The second-order valence-electron chi connectivity index (χ2n) is 6.75. The van der Waals surface area contributed by atoms with Crippen LogP contribution in [0.15, 0.2) is 66.7 Å². The fourth-order valence-electron chi connectivity index (χ4n) is 3.11. The normalized spacial score (nSPS) is 10.6. The molecule has 0 fully saturated rings. The third-order valence-electron chi connectivity index (χ3n) is 4.61. The van der Waals surface area contributed by atoms with Gasteiger partial charge in [0.15, 0.2) is 5.78 Å². The predicted octanol–water partition coefficient (Wildman–Crippen LogP) is 3.90. The number of ether oxygens (including phenoxy) is 1. The van der Waals surface area contributed by atoms with Gasteiger partial charge in [0.2, 0.25) is 0 Å². The average Bonchev–Trinajstić information content (AvgIpc) is 3.19. The van der Waals surface area contributed by atoms with Crippen molar-refractivity contribution in [2.24, 2.45) is 0 Å². The molecule has 1 aromatic heterocycles. The molecule has 0 bridgehead atoms. The molecule has 4 aromatic rings. The van der Waals surface area contributed by atoms with Crippen LogP contribution >= 0.6 is 0 Å². The van der Waals surface area contributed by atoms with Crippen molar-refractivity contribution in [3.8, 4) is 6.01 Å². The highest BCUT2D eigenvalue weighted by atomic mass is 19.1. The highest BCUT2D eigenvalue weighted by molar-refractivity contribution is 6.18. The smallest absolute Gasteiger partial charge is 0.375 e. The summed E-state index contributed by atoms with van der Waals surface area (Å²) in [4.78, 5) is 44.3. The molecule has 9 heteroatoms. The van der Waals surface area contributed by atoms with E-state index < -0.39 is 17.8 Å². The van der Waals surface area contributed by atoms with Crippen LogP contribution in [0.3, 0.4) is 0 Å². The van der Waals surface area contributed by atoms with E-state index in [-0.39, 0.29) is 28.6 Å². The van der Waals surface area contributed by atoms with E-state index in [4.69, 9.17) is 4.74 Å². The predicted molar refractivity (Wildman–Crippen MR) is 115 cm³/mol. The molecule has 0 saturated heterocycles. The maximum atomic E-state index is 13.4. The van der Waals surface area contributed by atoms with Crippen LogP contribution in [0.1, 0.15) is 26.3 Å². The number of nitrogens with zero attached hydrogens (tertiary/aromatic N) is 1. The number of hydrogen-bond acceptors (Lipinski definition) is 5. The van der Waals surface area contributed by atoms with Crippen LogP contribution in [0.2, 0.25) is 0 Å². The van der Waals surface area contributed by atoms with E-state index in [9.17, 15) is 18.8 Å². The van der Waals surface area contributed by atoms with E-state index in [0.717, 1.165) is 0 Å². The molecule has 0 unspecified atom stereocenters. The van der Waals surface area contributed by atoms with E-state index in [1.807, 2.05) is 0 Å². The van der Waals surface area contributed by atoms with Gasteiger partial charge in [0.05, 0.1) is 16.6 Å². The summed E-state index contributed by atoms with van der Waals surface area (Å²) in [5, 5.41) is 4.91. The van der Waals surface area contributed by atoms with Gasteiger partial charge in [0.25, 0.3) is 5.91 Å². The zero-order valence-corrected chi connectivity index (χ0v) is 16.8. The van der Waals surface area contributed by atoms with Crippen LogP contribution in [0.25, 0.3) is 11.0 Å². The van der Waals surface area contributed by atoms with E-state index in [0.29, 0.717) is 16.6 Å². The second-order valence-corrected chi connectivity index (χ2v) is 6.75. The summed E-state index contributed by atoms with van der Waals surface area (Å²) in [5.74, 6) is -1.41. The summed E-state index contributed by atoms with van der Waals surface area (Å²) in [6.07, 6.45) is -0.682. The molecule has 32 heavy (non-hydrogen) atoms. The Morgan fingerprint density at radius 2 is 1.75 bits per heavy atom. The Hall–Kier alpha value is -4.53. The topological polar surface area (TPSA) is 113 Å². The third-order valence-corrected chi connectivity index (χ3v) is 4.61. The summed E-state index contributed by atoms with van der Waals surface area (Å²) in [6, 6.07) is 16.5. The maximum Gasteiger partial charge on any atom is 0.414 e. The Balaban J connectivity index is 1.62.